The Labute approximate surface area is 289 Å². The molecule has 0 radical (unpaired) electrons. The van der Waals surface area contributed by atoms with Crippen molar-refractivity contribution in [1.82, 2.24) is 19.4 Å². The summed E-state index contributed by atoms with van der Waals surface area (Å²) in [5.74, 6) is -3.10. The number of carbonyl (C=O) groups is 2. The van der Waals surface area contributed by atoms with E-state index in [0.29, 0.717) is 43.1 Å². The Bertz CT molecular complexity index is 1760. The number of nitriles is 1. The normalized spacial score (nSPS) is 12.0. The van der Waals surface area contributed by atoms with E-state index < -0.39 is 35.9 Å². The van der Waals surface area contributed by atoms with Gasteiger partial charge in [-0.2, -0.15) is 18.4 Å². The Kier molecular flexibility index (Phi) is 14.2. The van der Waals surface area contributed by atoms with Crippen molar-refractivity contribution in [1.29, 1.82) is 5.26 Å². The maximum atomic E-state index is 13.7. The van der Waals surface area contributed by atoms with Gasteiger partial charge in [-0.25, -0.2) is 19.6 Å². The van der Waals surface area contributed by atoms with Crippen molar-refractivity contribution in [3.63, 3.8) is 0 Å². The second-order valence-corrected chi connectivity index (χ2v) is 11.0. The predicted molar refractivity (Wildman–Crippen MR) is 177 cm³/mol. The van der Waals surface area contributed by atoms with Crippen LogP contribution in [0, 0.1) is 11.3 Å². The molecular weight excluding hydrogens is 681 g/mol. The Morgan fingerprint density at radius 1 is 1.04 bits per heavy atom. The Hall–Kier alpha value is -5.57. The number of halogens is 3. The number of aliphatic carboxylic acids is 2. The van der Waals surface area contributed by atoms with E-state index >= 15 is 0 Å². The van der Waals surface area contributed by atoms with E-state index in [2.05, 4.69) is 21.4 Å². The molecule has 2 aromatic heterocycles. The van der Waals surface area contributed by atoms with Gasteiger partial charge in [0.2, 0.25) is 5.88 Å². The van der Waals surface area contributed by atoms with Crippen molar-refractivity contribution in [3.8, 4) is 11.9 Å². The third-order valence-electron chi connectivity index (χ3n) is 7.07. The molecule has 4 rings (SSSR count). The molecule has 4 aromatic rings. The Morgan fingerprint density at radius 3 is 2.26 bits per heavy atom. The number of aliphatic hydroxyl groups excluding tert-OH is 2. The van der Waals surface area contributed by atoms with Crippen LogP contribution >= 0.6 is 12.2 Å². The lowest BCUT2D eigenvalue weighted by atomic mass is 10.1. The molecule has 0 aliphatic heterocycles. The lowest BCUT2D eigenvalue weighted by molar-refractivity contribution is -0.165. The van der Waals surface area contributed by atoms with Gasteiger partial charge in [0.1, 0.15) is 0 Å². The van der Waals surface area contributed by atoms with E-state index in [1.165, 1.54) is 19.2 Å². The number of thiocarbonyl (C=S) groups is 1. The van der Waals surface area contributed by atoms with Crippen LogP contribution in [-0.2, 0) is 35.3 Å². The molecule has 0 amide bonds. The molecule has 0 fully saturated rings. The number of rotatable bonds is 13. The zero-order valence-electron chi connectivity index (χ0n) is 26.5. The highest BCUT2D eigenvalue weighted by Crippen LogP contribution is 2.32. The standard InChI is InChI=1S/C29H27F3N6OS.C4H6O6/c1-39-27-13-12-24(16-35-27)36-28(40)37(19-23-5-2-3-7-26(23)29(30,31)32)14-4-6-25-17-34-20-38(25)18-22-10-8-21(15-33)9-11-22;5-1(3(7)8)2(6)4(9)10/h2-3,5,7-13,16-17,20H,4,6,14,18-19H2,1H3,(H,36,40);1-2,5-6H,(H,7,8)(H,9,10). The zero-order valence-corrected chi connectivity index (χ0v) is 27.3. The number of nitrogens with zero attached hydrogens (tertiary/aromatic N) is 5. The highest BCUT2D eigenvalue weighted by molar-refractivity contribution is 7.80. The third-order valence-corrected chi connectivity index (χ3v) is 7.43. The molecular formula is C33H33F3N6O7S. The molecule has 0 bridgehead atoms. The maximum Gasteiger partial charge on any atom is 0.416 e. The minimum atomic E-state index is -4.48. The lowest BCUT2D eigenvalue weighted by Gasteiger charge is -2.27. The summed E-state index contributed by atoms with van der Waals surface area (Å²) in [4.78, 5) is 29.7. The van der Waals surface area contributed by atoms with E-state index in [1.807, 2.05) is 16.7 Å². The maximum absolute atomic E-state index is 13.7. The Morgan fingerprint density at radius 2 is 1.70 bits per heavy atom. The summed E-state index contributed by atoms with van der Waals surface area (Å²) in [5.41, 5.74) is 2.66. The number of anilines is 1. The fourth-order valence-electron chi connectivity index (χ4n) is 4.47. The number of methoxy groups -OCH3 is 1. The first-order valence-electron chi connectivity index (χ1n) is 14.7. The summed E-state index contributed by atoms with van der Waals surface area (Å²) >= 11 is 5.63. The molecule has 264 valence electrons. The highest BCUT2D eigenvalue weighted by atomic mass is 32.1. The van der Waals surface area contributed by atoms with Gasteiger partial charge >= 0.3 is 18.1 Å². The molecule has 0 saturated heterocycles. The molecule has 0 saturated carbocycles. The number of alkyl halides is 3. The molecule has 50 heavy (non-hydrogen) atoms. The van der Waals surface area contributed by atoms with Crippen LogP contribution in [0.15, 0.2) is 79.4 Å². The van der Waals surface area contributed by atoms with Crippen LogP contribution in [0.3, 0.4) is 0 Å². The van der Waals surface area contributed by atoms with Crippen molar-refractivity contribution >= 4 is 35.0 Å². The highest BCUT2D eigenvalue weighted by Gasteiger charge is 2.33. The van der Waals surface area contributed by atoms with Crippen LogP contribution in [0.25, 0.3) is 0 Å². The van der Waals surface area contributed by atoms with E-state index in [4.69, 9.17) is 42.6 Å². The number of pyridine rings is 1. The molecule has 0 spiro atoms. The number of hydrogen-bond acceptors (Lipinski definition) is 9. The number of aryl methyl sites for hydroxylation is 1. The number of ether oxygens (including phenoxy) is 1. The predicted octanol–water partition coefficient (Wildman–Crippen LogP) is 3.93. The van der Waals surface area contributed by atoms with Gasteiger partial charge in [0.15, 0.2) is 17.3 Å². The monoisotopic (exact) mass is 714 g/mol. The molecule has 13 nitrogen and oxygen atoms in total. The number of nitrogens with one attached hydrogen (secondary N) is 1. The molecule has 0 aliphatic carbocycles. The number of benzene rings is 2. The first-order chi connectivity index (χ1) is 23.7. The minimum absolute atomic E-state index is 0.0183. The third kappa shape index (κ3) is 11.5. The van der Waals surface area contributed by atoms with Gasteiger partial charge in [0.05, 0.1) is 42.5 Å². The summed E-state index contributed by atoms with van der Waals surface area (Å²) < 4.78 is 48.2. The number of aliphatic hydroxyl groups is 2. The average Bonchev–Trinajstić information content (AvgIpc) is 3.54. The van der Waals surface area contributed by atoms with Crippen LogP contribution < -0.4 is 10.1 Å². The van der Waals surface area contributed by atoms with Crippen LogP contribution in [0.4, 0.5) is 18.9 Å². The molecule has 2 atom stereocenters. The summed E-state index contributed by atoms with van der Waals surface area (Å²) in [5, 5.41) is 44.9. The quantitative estimate of drug-likeness (QED) is 0.125. The summed E-state index contributed by atoms with van der Waals surface area (Å²) in [7, 11) is 1.51. The first-order valence-corrected chi connectivity index (χ1v) is 15.1. The molecule has 0 aliphatic rings. The van der Waals surface area contributed by atoms with Crippen LogP contribution in [-0.4, -0.2) is 82.8 Å². The van der Waals surface area contributed by atoms with Crippen molar-refractivity contribution in [2.45, 2.75) is 44.3 Å². The fourth-order valence-corrected chi connectivity index (χ4v) is 4.75. The zero-order chi connectivity index (χ0) is 36.8. The number of hydrogen-bond donors (Lipinski definition) is 5. The topological polar surface area (TPSA) is 194 Å². The van der Waals surface area contributed by atoms with Crippen molar-refractivity contribution in [2.75, 3.05) is 19.0 Å². The Balaban J connectivity index is 0.000000588. The lowest BCUT2D eigenvalue weighted by Crippen LogP contribution is -2.39. The van der Waals surface area contributed by atoms with Gasteiger partial charge in [-0.3, -0.25) is 0 Å². The first kappa shape index (κ1) is 38.9. The molecule has 2 heterocycles. The average molecular weight is 715 g/mol. The van der Waals surface area contributed by atoms with Gasteiger partial charge in [-0.1, -0.05) is 30.3 Å². The van der Waals surface area contributed by atoms with Crippen LogP contribution in [0.2, 0.25) is 0 Å². The smallest absolute Gasteiger partial charge is 0.416 e. The SMILES string of the molecule is COc1ccc(NC(=S)N(CCCc2cncn2Cc2ccc(C#N)cc2)Cc2ccccc2C(F)(F)F)cn1.O=C(O)C(O)C(O)C(=O)O. The van der Waals surface area contributed by atoms with E-state index in [9.17, 15) is 22.8 Å². The van der Waals surface area contributed by atoms with Crippen LogP contribution in [0.1, 0.15) is 34.4 Å². The second kappa shape index (κ2) is 18.3. The number of imidazole rings is 1. The van der Waals surface area contributed by atoms with Gasteiger partial charge in [0, 0.05) is 37.6 Å². The molecule has 2 aromatic carbocycles. The van der Waals surface area contributed by atoms with Gasteiger partial charge in [0.25, 0.3) is 0 Å². The van der Waals surface area contributed by atoms with Crippen molar-refractivity contribution in [2.24, 2.45) is 0 Å². The number of carboxylic acids is 2. The minimum Gasteiger partial charge on any atom is -0.481 e. The molecule has 5 N–H and O–H groups in total. The van der Waals surface area contributed by atoms with Crippen molar-refractivity contribution in [3.05, 3.63) is 107 Å². The van der Waals surface area contributed by atoms with E-state index in [1.54, 1.807) is 54.0 Å². The van der Waals surface area contributed by atoms with Crippen molar-refractivity contribution < 1.29 is 47.9 Å². The van der Waals surface area contributed by atoms with Gasteiger partial charge in [-0.05, 0) is 60.5 Å². The molecule has 17 heteroatoms. The van der Waals surface area contributed by atoms with E-state index in [-0.39, 0.29) is 17.2 Å². The summed E-state index contributed by atoms with van der Waals surface area (Å²) in [6.45, 7) is 0.980. The van der Waals surface area contributed by atoms with Gasteiger partial charge in [-0.15, -0.1) is 0 Å². The summed E-state index contributed by atoms with van der Waals surface area (Å²) in [6.07, 6.45) is -2.67. The van der Waals surface area contributed by atoms with E-state index in [0.717, 1.165) is 17.3 Å². The molecule has 2 unspecified atom stereocenters. The number of aromatic nitrogens is 3. The van der Waals surface area contributed by atoms with Gasteiger partial charge < -0.3 is 39.9 Å². The fraction of sp³-hybridized carbons (Fsp3) is 0.273. The largest absolute Gasteiger partial charge is 0.481 e. The van der Waals surface area contributed by atoms with Crippen LogP contribution in [0.5, 0.6) is 5.88 Å². The second-order valence-electron chi connectivity index (χ2n) is 10.6. The summed E-state index contributed by atoms with van der Waals surface area (Å²) in [6, 6.07) is 18.4. The number of carboxylic acid groups (broad SMARTS) is 2.